The van der Waals surface area contributed by atoms with Gasteiger partial charge in [-0.05, 0) is 42.3 Å². The molecule has 6 heteroatoms. The molecule has 0 saturated carbocycles. The molecule has 1 aromatic heterocycles. The minimum atomic E-state index is -0.428. The Labute approximate surface area is 156 Å². The molecule has 0 radical (unpaired) electrons. The number of methoxy groups -OCH3 is 1. The van der Waals surface area contributed by atoms with Crippen LogP contribution in [0.15, 0.2) is 46.9 Å². The molecule has 1 aliphatic rings. The smallest absolute Gasteiger partial charge is 0.311 e. The van der Waals surface area contributed by atoms with Gasteiger partial charge in [0.2, 0.25) is 11.8 Å². The summed E-state index contributed by atoms with van der Waals surface area (Å²) in [5.41, 5.74) is 4.21. The van der Waals surface area contributed by atoms with Crippen molar-refractivity contribution in [3.8, 4) is 11.5 Å². The van der Waals surface area contributed by atoms with Crippen molar-refractivity contribution >= 4 is 28.7 Å². The van der Waals surface area contributed by atoms with Gasteiger partial charge in [0.25, 0.3) is 0 Å². The van der Waals surface area contributed by atoms with Crippen molar-refractivity contribution in [3.63, 3.8) is 0 Å². The highest BCUT2D eigenvalue weighted by atomic mass is 16.5. The number of benzene rings is 2. The number of amides is 1. The van der Waals surface area contributed by atoms with E-state index in [-0.39, 0.29) is 18.3 Å². The SMILES string of the molecule is CCc1ccc(-c2nc3cc(N4C[C@H](C(=O)OC)CC4=O)ccc3o2)cc1. The van der Waals surface area contributed by atoms with E-state index < -0.39 is 5.92 Å². The van der Waals surface area contributed by atoms with Gasteiger partial charge in [-0.25, -0.2) is 4.98 Å². The molecule has 27 heavy (non-hydrogen) atoms. The molecule has 0 bridgehead atoms. The lowest BCUT2D eigenvalue weighted by molar-refractivity contribution is -0.145. The third-order valence-electron chi connectivity index (χ3n) is 4.95. The number of anilines is 1. The lowest BCUT2D eigenvalue weighted by Crippen LogP contribution is -2.26. The summed E-state index contributed by atoms with van der Waals surface area (Å²) in [5.74, 6) is -0.331. The van der Waals surface area contributed by atoms with Crippen molar-refractivity contribution in [1.82, 2.24) is 4.98 Å². The second-order valence-electron chi connectivity index (χ2n) is 6.65. The molecule has 0 unspecified atom stereocenters. The molecule has 1 fully saturated rings. The number of ether oxygens (including phenoxy) is 1. The molecule has 1 aliphatic heterocycles. The van der Waals surface area contributed by atoms with Crippen molar-refractivity contribution in [3.05, 3.63) is 48.0 Å². The zero-order chi connectivity index (χ0) is 19.0. The maximum Gasteiger partial charge on any atom is 0.311 e. The number of rotatable bonds is 4. The number of nitrogens with zero attached hydrogens (tertiary/aromatic N) is 2. The predicted molar refractivity (Wildman–Crippen MR) is 101 cm³/mol. The number of oxazole rings is 1. The summed E-state index contributed by atoms with van der Waals surface area (Å²) in [7, 11) is 1.34. The van der Waals surface area contributed by atoms with Gasteiger partial charge in [-0.2, -0.15) is 0 Å². The minimum absolute atomic E-state index is 0.0939. The van der Waals surface area contributed by atoms with Gasteiger partial charge in [-0.3, -0.25) is 9.59 Å². The highest BCUT2D eigenvalue weighted by Gasteiger charge is 2.36. The Balaban J connectivity index is 1.63. The lowest BCUT2D eigenvalue weighted by Gasteiger charge is -2.16. The molecule has 0 N–H and O–H groups in total. The number of esters is 1. The van der Waals surface area contributed by atoms with Gasteiger partial charge in [0.05, 0.1) is 13.0 Å². The van der Waals surface area contributed by atoms with Gasteiger partial charge in [-0.15, -0.1) is 0 Å². The Hall–Kier alpha value is -3.15. The third-order valence-corrected chi connectivity index (χ3v) is 4.95. The van der Waals surface area contributed by atoms with E-state index in [2.05, 4.69) is 24.0 Å². The first-order chi connectivity index (χ1) is 13.1. The van der Waals surface area contributed by atoms with Crippen molar-refractivity contribution in [1.29, 1.82) is 0 Å². The maximum absolute atomic E-state index is 12.3. The second-order valence-corrected chi connectivity index (χ2v) is 6.65. The number of fused-ring (bicyclic) bond motifs is 1. The standard InChI is InChI=1S/C21H20N2O4/c1-3-13-4-6-14(7-5-13)20-22-17-11-16(8-9-18(17)27-20)23-12-15(10-19(23)24)21(25)26-2/h4-9,11,15H,3,10,12H2,1-2H3/t15-/m1/s1. The van der Waals surface area contributed by atoms with E-state index >= 15 is 0 Å². The van der Waals surface area contributed by atoms with E-state index in [0.717, 1.165) is 12.0 Å². The topological polar surface area (TPSA) is 72.6 Å². The molecule has 138 valence electrons. The van der Waals surface area contributed by atoms with Gasteiger partial charge in [0, 0.05) is 24.2 Å². The number of aryl methyl sites for hydroxylation is 1. The lowest BCUT2D eigenvalue weighted by atomic mass is 10.1. The van der Waals surface area contributed by atoms with Crippen molar-refractivity contribution in [2.24, 2.45) is 5.92 Å². The molecule has 0 aliphatic carbocycles. The average Bonchev–Trinajstić information content (AvgIpc) is 3.30. The fourth-order valence-corrected chi connectivity index (χ4v) is 3.37. The highest BCUT2D eigenvalue weighted by Crippen LogP contribution is 2.31. The Morgan fingerprint density at radius 1 is 1.26 bits per heavy atom. The van der Waals surface area contributed by atoms with Crippen LogP contribution in [0.5, 0.6) is 0 Å². The van der Waals surface area contributed by atoms with Crippen molar-refractivity contribution in [2.75, 3.05) is 18.6 Å². The number of carbonyl (C=O) groups excluding carboxylic acids is 2. The fraction of sp³-hybridized carbons (Fsp3) is 0.286. The first-order valence-electron chi connectivity index (χ1n) is 8.97. The number of aromatic nitrogens is 1. The molecule has 2 heterocycles. The molecule has 1 atom stereocenters. The van der Waals surface area contributed by atoms with E-state index in [0.29, 0.717) is 29.2 Å². The maximum atomic E-state index is 12.3. The van der Waals surface area contributed by atoms with E-state index in [1.165, 1.54) is 12.7 Å². The van der Waals surface area contributed by atoms with Crippen LogP contribution in [0, 0.1) is 5.92 Å². The fourth-order valence-electron chi connectivity index (χ4n) is 3.37. The van der Waals surface area contributed by atoms with E-state index in [9.17, 15) is 9.59 Å². The molecular weight excluding hydrogens is 344 g/mol. The summed E-state index contributed by atoms with van der Waals surface area (Å²) in [6.45, 7) is 2.43. The van der Waals surface area contributed by atoms with E-state index in [4.69, 9.17) is 9.15 Å². The predicted octanol–water partition coefficient (Wildman–Crippen LogP) is 3.58. The third kappa shape index (κ3) is 3.18. The van der Waals surface area contributed by atoms with Crippen molar-refractivity contribution < 1.29 is 18.7 Å². The van der Waals surface area contributed by atoms with E-state index in [1.807, 2.05) is 24.3 Å². The van der Waals surface area contributed by atoms with Crippen LogP contribution in [-0.2, 0) is 20.7 Å². The first-order valence-corrected chi connectivity index (χ1v) is 8.97. The van der Waals surface area contributed by atoms with Crippen LogP contribution in [0.2, 0.25) is 0 Å². The Bertz CT molecular complexity index is 1010. The van der Waals surface area contributed by atoms with Crippen LogP contribution in [0.3, 0.4) is 0 Å². The molecule has 3 aromatic rings. The minimum Gasteiger partial charge on any atom is -0.469 e. The Morgan fingerprint density at radius 2 is 2.04 bits per heavy atom. The highest BCUT2D eigenvalue weighted by molar-refractivity contribution is 6.00. The molecule has 2 aromatic carbocycles. The van der Waals surface area contributed by atoms with Crippen LogP contribution >= 0.6 is 0 Å². The molecule has 4 rings (SSSR count). The summed E-state index contributed by atoms with van der Waals surface area (Å²) in [4.78, 5) is 30.2. The average molecular weight is 364 g/mol. The van der Waals surface area contributed by atoms with Crippen LogP contribution in [-0.4, -0.2) is 30.5 Å². The van der Waals surface area contributed by atoms with Crippen LogP contribution in [0.1, 0.15) is 18.9 Å². The van der Waals surface area contributed by atoms with Crippen LogP contribution in [0.4, 0.5) is 5.69 Å². The summed E-state index contributed by atoms with van der Waals surface area (Å²) >= 11 is 0. The van der Waals surface area contributed by atoms with Crippen LogP contribution < -0.4 is 4.90 Å². The largest absolute Gasteiger partial charge is 0.469 e. The quantitative estimate of drug-likeness (QED) is 0.662. The number of carbonyl (C=O) groups is 2. The monoisotopic (exact) mass is 364 g/mol. The van der Waals surface area contributed by atoms with Crippen LogP contribution in [0.25, 0.3) is 22.6 Å². The first kappa shape index (κ1) is 17.3. The molecule has 6 nitrogen and oxygen atoms in total. The number of hydrogen-bond acceptors (Lipinski definition) is 5. The Morgan fingerprint density at radius 3 is 2.74 bits per heavy atom. The summed E-state index contributed by atoms with van der Waals surface area (Å²) in [6.07, 6.45) is 1.15. The van der Waals surface area contributed by atoms with Gasteiger partial charge in [0.1, 0.15) is 5.52 Å². The zero-order valence-corrected chi connectivity index (χ0v) is 15.3. The summed E-state index contributed by atoms with van der Waals surface area (Å²) < 4.78 is 10.6. The summed E-state index contributed by atoms with van der Waals surface area (Å²) in [5, 5.41) is 0. The van der Waals surface area contributed by atoms with Gasteiger partial charge >= 0.3 is 5.97 Å². The van der Waals surface area contributed by atoms with Gasteiger partial charge in [-0.1, -0.05) is 19.1 Å². The zero-order valence-electron chi connectivity index (χ0n) is 15.3. The number of hydrogen-bond donors (Lipinski definition) is 0. The van der Waals surface area contributed by atoms with E-state index in [1.54, 1.807) is 11.0 Å². The normalized spacial score (nSPS) is 16.9. The summed E-state index contributed by atoms with van der Waals surface area (Å²) in [6, 6.07) is 13.6. The molecular formula is C21H20N2O4. The molecule has 1 saturated heterocycles. The molecule has 0 spiro atoms. The Kier molecular flexibility index (Phi) is 4.39. The molecule has 1 amide bonds. The van der Waals surface area contributed by atoms with Gasteiger partial charge in [0.15, 0.2) is 5.58 Å². The van der Waals surface area contributed by atoms with Gasteiger partial charge < -0.3 is 14.1 Å². The van der Waals surface area contributed by atoms with Crippen molar-refractivity contribution in [2.45, 2.75) is 19.8 Å². The second kappa shape index (κ2) is 6.87.